The first-order valence-electron chi connectivity index (χ1n) is 8.95. The number of carbonyl (C=O) groups is 2. The van der Waals surface area contributed by atoms with E-state index in [-0.39, 0.29) is 11.8 Å². The van der Waals surface area contributed by atoms with Gasteiger partial charge in [0.25, 0.3) is 11.7 Å². The molecular weight excluding hydrogens is 306 g/mol. The number of piperazine rings is 1. The second-order valence-corrected chi connectivity index (χ2v) is 6.89. The Morgan fingerprint density at radius 1 is 1.17 bits per heavy atom. The Hall–Kier alpha value is -1.66. The quantitative estimate of drug-likeness (QED) is 0.603. The molecule has 24 heavy (non-hydrogen) atoms. The first-order chi connectivity index (χ1) is 11.6. The van der Waals surface area contributed by atoms with Gasteiger partial charge in [0.15, 0.2) is 5.76 Å². The summed E-state index contributed by atoms with van der Waals surface area (Å²) in [5, 5.41) is 0. The predicted octanol–water partition coefficient (Wildman–Crippen LogP) is 1.48. The van der Waals surface area contributed by atoms with Crippen molar-refractivity contribution in [3.8, 4) is 0 Å². The number of furan rings is 1. The highest BCUT2D eigenvalue weighted by Gasteiger charge is 2.32. The lowest BCUT2D eigenvalue weighted by Crippen LogP contribution is -2.49. The van der Waals surface area contributed by atoms with Gasteiger partial charge in [-0.25, -0.2) is 0 Å². The van der Waals surface area contributed by atoms with Gasteiger partial charge in [-0.05, 0) is 44.9 Å². The van der Waals surface area contributed by atoms with Crippen LogP contribution in [0.25, 0.3) is 0 Å². The SMILES string of the molecule is CN1CCN(CC[C@@H]2CCCCN2C(=O)C(=O)c2ccco2)CC1. The minimum Gasteiger partial charge on any atom is -0.461 e. The number of carbonyl (C=O) groups excluding carboxylic acids is 2. The first-order valence-corrected chi connectivity index (χ1v) is 8.95. The second kappa shape index (κ2) is 7.94. The summed E-state index contributed by atoms with van der Waals surface area (Å²) >= 11 is 0. The van der Waals surface area contributed by atoms with Gasteiger partial charge >= 0.3 is 0 Å². The van der Waals surface area contributed by atoms with Crippen LogP contribution in [0.2, 0.25) is 0 Å². The molecule has 2 aliphatic rings. The molecule has 0 bridgehead atoms. The lowest BCUT2D eigenvalue weighted by molar-refractivity contribution is -0.130. The predicted molar refractivity (Wildman–Crippen MR) is 90.9 cm³/mol. The van der Waals surface area contributed by atoms with Crippen LogP contribution < -0.4 is 0 Å². The Bertz CT molecular complexity index is 550. The van der Waals surface area contributed by atoms with E-state index >= 15 is 0 Å². The third kappa shape index (κ3) is 4.05. The van der Waals surface area contributed by atoms with Crippen molar-refractivity contribution < 1.29 is 14.0 Å². The average Bonchev–Trinajstić information content (AvgIpc) is 3.15. The zero-order valence-corrected chi connectivity index (χ0v) is 14.4. The summed E-state index contributed by atoms with van der Waals surface area (Å²) < 4.78 is 5.10. The highest BCUT2D eigenvalue weighted by atomic mass is 16.3. The third-order valence-corrected chi connectivity index (χ3v) is 5.20. The monoisotopic (exact) mass is 333 g/mol. The molecule has 6 heteroatoms. The van der Waals surface area contributed by atoms with Crippen LogP contribution in [0.1, 0.15) is 36.2 Å². The standard InChI is InChI=1S/C18H27N3O3/c1-19-10-12-20(13-11-19)9-7-15-5-2-3-8-21(15)18(23)17(22)16-6-4-14-24-16/h4,6,14-15H,2-3,5,7-13H2,1H3/t15-/m0/s1. The van der Waals surface area contributed by atoms with E-state index in [1.165, 1.54) is 6.26 Å². The van der Waals surface area contributed by atoms with E-state index in [0.29, 0.717) is 6.54 Å². The number of hydrogen-bond donors (Lipinski definition) is 0. The van der Waals surface area contributed by atoms with Crippen molar-refractivity contribution in [3.05, 3.63) is 24.2 Å². The first kappa shape index (κ1) is 17.2. The van der Waals surface area contributed by atoms with Gasteiger partial charge in [-0.1, -0.05) is 0 Å². The van der Waals surface area contributed by atoms with Gasteiger partial charge in [-0.15, -0.1) is 0 Å². The minimum absolute atomic E-state index is 0.142. The van der Waals surface area contributed by atoms with E-state index in [0.717, 1.165) is 58.4 Å². The summed E-state index contributed by atoms with van der Waals surface area (Å²) in [6.45, 7) is 6.05. The summed E-state index contributed by atoms with van der Waals surface area (Å²) in [7, 11) is 2.15. The van der Waals surface area contributed by atoms with Gasteiger partial charge in [0.2, 0.25) is 0 Å². The molecule has 0 spiro atoms. The van der Waals surface area contributed by atoms with E-state index in [2.05, 4.69) is 16.8 Å². The molecule has 2 saturated heterocycles. The maximum absolute atomic E-state index is 12.6. The van der Waals surface area contributed by atoms with E-state index < -0.39 is 11.7 Å². The van der Waals surface area contributed by atoms with Crippen molar-refractivity contribution >= 4 is 11.7 Å². The summed E-state index contributed by atoms with van der Waals surface area (Å²) in [6.07, 6.45) is 5.47. The topological polar surface area (TPSA) is 57.0 Å². The summed E-state index contributed by atoms with van der Waals surface area (Å²) in [5.41, 5.74) is 0. The lowest BCUT2D eigenvalue weighted by Gasteiger charge is -2.38. The fourth-order valence-corrected chi connectivity index (χ4v) is 3.61. The van der Waals surface area contributed by atoms with Crippen LogP contribution in [0.3, 0.4) is 0 Å². The smallest absolute Gasteiger partial charge is 0.298 e. The molecule has 2 aliphatic heterocycles. The van der Waals surface area contributed by atoms with Gasteiger partial charge in [-0.3, -0.25) is 9.59 Å². The maximum atomic E-state index is 12.6. The number of likely N-dealkylation sites (tertiary alicyclic amines) is 1. The summed E-state index contributed by atoms with van der Waals surface area (Å²) in [4.78, 5) is 31.5. The number of Topliss-reactive ketones (excluding diaryl/α,β-unsaturated/α-hetero) is 1. The molecule has 0 aliphatic carbocycles. The molecule has 0 saturated carbocycles. The molecule has 0 N–H and O–H groups in total. The largest absolute Gasteiger partial charge is 0.461 e. The van der Waals surface area contributed by atoms with E-state index in [1.54, 1.807) is 17.0 Å². The van der Waals surface area contributed by atoms with Crippen LogP contribution in [-0.4, -0.2) is 78.7 Å². The lowest BCUT2D eigenvalue weighted by atomic mass is 9.98. The normalized spacial score (nSPS) is 23.4. The number of likely N-dealkylation sites (N-methyl/N-ethyl adjacent to an activating group) is 1. The molecule has 3 heterocycles. The molecule has 3 rings (SSSR count). The molecule has 1 amide bonds. The zero-order valence-electron chi connectivity index (χ0n) is 14.4. The molecule has 1 aromatic rings. The molecule has 0 radical (unpaired) electrons. The van der Waals surface area contributed by atoms with Crippen LogP contribution in [-0.2, 0) is 4.79 Å². The van der Waals surface area contributed by atoms with Crippen molar-refractivity contribution in [1.29, 1.82) is 0 Å². The van der Waals surface area contributed by atoms with Crippen molar-refractivity contribution in [1.82, 2.24) is 14.7 Å². The zero-order chi connectivity index (χ0) is 16.9. The average molecular weight is 333 g/mol. The molecule has 0 aromatic carbocycles. The number of amides is 1. The summed E-state index contributed by atoms with van der Waals surface area (Å²) in [5.74, 6) is -0.789. The Balaban J connectivity index is 1.57. The van der Waals surface area contributed by atoms with Gasteiger partial charge in [0.1, 0.15) is 0 Å². The van der Waals surface area contributed by atoms with Crippen molar-refractivity contribution in [2.45, 2.75) is 31.7 Å². The van der Waals surface area contributed by atoms with Gasteiger partial charge < -0.3 is 19.1 Å². The van der Waals surface area contributed by atoms with Gasteiger partial charge in [0.05, 0.1) is 6.26 Å². The molecule has 1 atom stereocenters. The van der Waals surface area contributed by atoms with Crippen molar-refractivity contribution in [2.24, 2.45) is 0 Å². The maximum Gasteiger partial charge on any atom is 0.298 e. The van der Waals surface area contributed by atoms with E-state index in [9.17, 15) is 9.59 Å². The molecule has 2 fully saturated rings. The Morgan fingerprint density at radius 3 is 2.67 bits per heavy atom. The number of ketones is 1. The highest BCUT2D eigenvalue weighted by molar-refractivity contribution is 6.42. The fraction of sp³-hybridized carbons (Fsp3) is 0.667. The van der Waals surface area contributed by atoms with Gasteiger partial charge in [0, 0.05) is 45.3 Å². The van der Waals surface area contributed by atoms with Crippen LogP contribution in [0, 0.1) is 0 Å². The Kier molecular flexibility index (Phi) is 5.68. The Morgan fingerprint density at radius 2 is 1.96 bits per heavy atom. The highest BCUT2D eigenvalue weighted by Crippen LogP contribution is 2.21. The number of hydrogen-bond acceptors (Lipinski definition) is 5. The van der Waals surface area contributed by atoms with Gasteiger partial charge in [-0.2, -0.15) is 0 Å². The molecule has 132 valence electrons. The van der Waals surface area contributed by atoms with Crippen molar-refractivity contribution in [2.75, 3.05) is 46.3 Å². The number of rotatable bonds is 5. The molecule has 1 aromatic heterocycles. The molecular formula is C18H27N3O3. The van der Waals surface area contributed by atoms with Crippen LogP contribution in [0.15, 0.2) is 22.8 Å². The Labute approximate surface area is 143 Å². The van der Waals surface area contributed by atoms with E-state index in [4.69, 9.17) is 4.42 Å². The third-order valence-electron chi connectivity index (χ3n) is 5.20. The van der Waals surface area contributed by atoms with Crippen LogP contribution in [0.5, 0.6) is 0 Å². The fourth-order valence-electron chi connectivity index (χ4n) is 3.61. The van der Waals surface area contributed by atoms with Crippen molar-refractivity contribution in [3.63, 3.8) is 0 Å². The number of piperidine rings is 1. The number of nitrogens with zero attached hydrogens (tertiary/aromatic N) is 3. The molecule has 0 unspecified atom stereocenters. The van der Waals surface area contributed by atoms with Crippen LogP contribution >= 0.6 is 0 Å². The molecule has 6 nitrogen and oxygen atoms in total. The minimum atomic E-state index is -0.522. The van der Waals surface area contributed by atoms with Crippen LogP contribution in [0.4, 0.5) is 0 Å². The second-order valence-electron chi connectivity index (χ2n) is 6.89. The summed E-state index contributed by atoms with van der Waals surface area (Å²) in [6, 6.07) is 3.37. The van der Waals surface area contributed by atoms with E-state index in [1.807, 2.05) is 0 Å².